The van der Waals surface area contributed by atoms with Gasteiger partial charge in [0.25, 0.3) is 0 Å². The number of nitrogens with zero attached hydrogens (tertiary/aromatic N) is 1. The number of carbonyl (C=O) groups is 1. The number of ether oxygens (including phenoxy) is 1. The van der Waals surface area contributed by atoms with Crippen molar-refractivity contribution in [3.8, 4) is 0 Å². The molecule has 0 unspecified atom stereocenters. The maximum atomic E-state index is 11.5. The van der Waals surface area contributed by atoms with Gasteiger partial charge in [0.2, 0.25) is 0 Å². The molecular formula is C13H20N2O3S. The quantitative estimate of drug-likeness (QED) is 0.452. The van der Waals surface area contributed by atoms with Crippen molar-refractivity contribution in [1.29, 1.82) is 0 Å². The second-order valence-electron chi connectivity index (χ2n) is 4.29. The van der Waals surface area contributed by atoms with E-state index in [1.807, 2.05) is 0 Å². The third-order valence-electron chi connectivity index (χ3n) is 2.74. The Morgan fingerprint density at radius 3 is 2.79 bits per heavy atom. The van der Waals surface area contributed by atoms with E-state index < -0.39 is 0 Å². The number of nitrogens with one attached hydrogen (secondary N) is 1. The molecule has 1 heterocycles. The molecule has 1 aromatic heterocycles. The summed E-state index contributed by atoms with van der Waals surface area (Å²) in [4.78, 5) is 25.0. The van der Waals surface area contributed by atoms with Gasteiger partial charge in [0.15, 0.2) is 0 Å². The molecule has 0 aliphatic heterocycles. The average molecular weight is 284 g/mol. The molecule has 6 heteroatoms. The largest absolute Gasteiger partial charge is 0.466 e. The molecule has 0 atom stereocenters. The highest BCUT2D eigenvalue weighted by atomic mass is 32.1. The number of H-pyrrole nitrogens is 1. The number of rotatable bonds is 8. The standard InChI is InChI=1S/C13H20N2O3S/c1-2-12(16)18-10-6-4-3-5-8-15-9-7-11(19)14-13(15)17/h7,9H,2-6,8,10H2,1H3,(H,14,17,19). The van der Waals surface area contributed by atoms with Crippen LogP contribution in [0.4, 0.5) is 0 Å². The van der Waals surface area contributed by atoms with Crippen LogP contribution in [0.15, 0.2) is 17.1 Å². The van der Waals surface area contributed by atoms with Crippen molar-refractivity contribution in [1.82, 2.24) is 9.55 Å². The number of hydrogen-bond acceptors (Lipinski definition) is 4. The predicted molar refractivity (Wildman–Crippen MR) is 75.6 cm³/mol. The van der Waals surface area contributed by atoms with Crippen LogP contribution in [0, 0.1) is 4.64 Å². The lowest BCUT2D eigenvalue weighted by molar-refractivity contribution is -0.143. The molecule has 0 fully saturated rings. The van der Waals surface area contributed by atoms with Gasteiger partial charge >= 0.3 is 11.7 Å². The number of carbonyl (C=O) groups excluding carboxylic acids is 1. The minimum Gasteiger partial charge on any atom is -0.466 e. The first-order valence-corrected chi connectivity index (χ1v) is 6.99. The number of esters is 1. The van der Waals surface area contributed by atoms with Crippen LogP contribution in [0.1, 0.15) is 39.0 Å². The van der Waals surface area contributed by atoms with Gasteiger partial charge in [-0.05, 0) is 25.3 Å². The van der Waals surface area contributed by atoms with E-state index in [1.54, 1.807) is 23.8 Å². The summed E-state index contributed by atoms with van der Waals surface area (Å²) in [6, 6.07) is 1.71. The van der Waals surface area contributed by atoms with Crippen molar-refractivity contribution in [3.63, 3.8) is 0 Å². The van der Waals surface area contributed by atoms with Gasteiger partial charge in [0, 0.05) is 19.2 Å². The van der Waals surface area contributed by atoms with Crippen LogP contribution in [0.5, 0.6) is 0 Å². The maximum absolute atomic E-state index is 11.5. The summed E-state index contributed by atoms with van der Waals surface area (Å²) in [7, 11) is 0. The number of hydrogen-bond donors (Lipinski definition) is 1. The molecule has 1 rings (SSSR count). The van der Waals surface area contributed by atoms with Crippen LogP contribution in [-0.2, 0) is 16.1 Å². The number of aromatic nitrogens is 2. The highest BCUT2D eigenvalue weighted by molar-refractivity contribution is 7.71. The molecule has 5 nitrogen and oxygen atoms in total. The molecule has 0 radical (unpaired) electrons. The molecule has 106 valence electrons. The van der Waals surface area contributed by atoms with Crippen LogP contribution in [0.25, 0.3) is 0 Å². The smallest absolute Gasteiger partial charge is 0.326 e. The Balaban J connectivity index is 2.12. The van der Waals surface area contributed by atoms with Crippen LogP contribution >= 0.6 is 12.2 Å². The fourth-order valence-electron chi connectivity index (χ4n) is 1.65. The lowest BCUT2D eigenvalue weighted by Crippen LogP contribution is -2.22. The van der Waals surface area contributed by atoms with Gasteiger partial charge in [-0.15, -0.1) is 0 Å². The molecular weight excluding hydrogens is 264 g/mol. The second-order valence-corrected chi connectivity index (χ2v) is 4.73. The molecule has 0 aliphatic carbocycles. The lowest BCUT2D eigenvalue weighted by atomic mass is 10.2. The minimum absolute atomic E-state index is 0.147. The Bertz CT molecular complexity index is 507. The van der Waals surface area contributed by atoms with Gasteiger partial charge in [-0.25, -0.2) is 4.79 Å². The summed E-state index contributed by atoms with van der Waals surface area (Å²) in [5, 5.41) is 0. The average Bonchev–Trinajstić information content (AvgIpc) is 2.39. The minimum atomic E-state index is -0.163. The van der Waals surface area contributed by atoms with E-state index >= 15 is 0 Å². The van der Waals surface area contributed by atoms with Crippen molar-refractivity contribution >= 4 is 18.2 Å². The molecule has 1 aromatic rings. The monoisotopic (exact) mass is 284 g/mol. The first-order chi connectivity index (χ1) is 9.13. The van der Waals surface area contributed by atoms with Crippen molar-refractivity contribution in [3.05, 3.63) is 27.4 Å². The van der Waals surface area contributed by atoms with E-state index in [0.717, 1.165) is 25.7 Å². The predicted octanol–water partition coefficient (Wildman–Crippen LogP) is 2.42. The van der Waals surface area contributed by atoms with E-state index in [2.05, 4.69) is 4.98 Å². The summed E-state index contributed by atoms with van der Waals surface area (Å²) in [6.45, 7) is 2.95. The first-order valence-electron chi connectivity index (χ1n) is 6.59. The second kappa shape index (κ2) is 8.63. The highest BCUT2D eigenvalue weighted by Gasteiger charge is 1.98. The highest BCUT2D eigenvalue weighted by Crippen LogP contribution is 2.02. The molecule has 0 saturated carbocycles. The zero-order chi connectivity index (χ0) is 14.1. The molecule has 0 aromatic carbocycles. The van der Waals surface area contributed by atoms with E-state index in [4.69, 9.17) is 17.0 Å². The van der Waals surface area contributed by atoms with E-state index in [1.165, 1.54) is 0 Å². The Hall–Kier alpha value is -1.43. The van der Waals surface area contributed by atoms with Gasteiger partial charge in [0.05, 0.1) is 6.61 Å². The van der Waals surface area contributed by atoms with Crippen molar-refractivity contribution in [2.24, 2.45) is 0 Å². The zero-order valence-electron chi connectivity index (χ0n) is 11.2. The molecule has 0 saturated heterocycles. The lowest BCUT2D eigenvalue weighted by Gasteiger charge is -2.05. The van der Waals surface area contributed by atoms with Gasteiger partial charge in [-0.1, -0.05) is 25.6 Å². The summed E-state index contributed by atoms with van der Waals surface area (Å²) in [5.74, 6) is -0.147. The molecule has 0 bridgehead atoms. The summed E-state index contributed by atoms with van der Waals surface area (Å²) in [5.41, 5.74) is -0.163. The van der Waals surface area contributed by atoms with Crippen LogP contribution in [0.2, 0.25) is 0 Å². The van der Waals surface area contributed by atoms with Crippen LogP contribution < -0.4 is 5.69 Å². The van der Waals surface area contributed by atoms with Crippen LogP contribution in [-0.4, -0.2) is 22.1 Å². The van der Waals surface area contributed by atoms with Gasteiger partial charge in [-0.3, -0.25) is 9.78 Å². The van der Waals surface area contributed by atoms with Gasteiger partial charge < -0.3 is 9.30 Å². The molecule has 0 amide bonds. The fourth-order valence-corrected chi connectivity index (χ4v) is 1.79. The topological polar surface area (TPSA) is 64.1 Å². The number of aromatic amines is 1. The Morgan fingerprint density at radius 1 is 1.37 bits per heavy atom. The van der Waals surface area contributed by atoms with Gasteiger partial charge in [0.1, 0.15) is 4.64 Å². The van der Waals surface area contributed by atoms with Crippen molar-refractivity contribution < 1.29 is 9.53 Å². The SMILES string of the molecule is CCC(=O)OCCCCCCn1ccc(=S)[nH]c1=O. The van der Waals surface area contributed by atoms with Crippen molar-refractivity contribution in [2.45, 2.75) is 45.6 Å². The van der Waals surface area contributed by atoms with Crippen LogP contribution in [0.3, 0.4) is 0 Å². The summed E-state index contributed by atoms with van der Waals surface area (Å²) >= 11 is 4.86. The first kappa shape index (κ1) is 15.6. The molecule has 1 N–H and O–H groups in total. The Kier molecular flexibility index (Phi) is 7.10. The number of aryl methyl sites for hydroxylation is 1. The zero-order valence-corrected chi connectivity index (χ0v) is 12.0. The third-order valence-corrected chi connectivity index (χ3v) is 2.98. The molecule has 0 spiro atoms. The maximum Gasteiger partial charge on any atom is 0.326 e. The molecule has 0 aliphatic rings. The summed E-state index contributed by atoms with van der Waals surface area (Å²) in [6.07, 6.45) is 5.94. The van der Waals surface area contributed by atoms with E-state index in [0.29, 0.717) is 24.2 Å². The number of unbranched alkanes of at least 4 members (excludes halogenated alkanes) is 3. The Labute approximate surface area is 117 Å². The fraction of sp³-hybridized carbons (Fsp3) is 0.615. The van der Waals surface area contributed by atoms with E-state index in [9.17, 15) is 9.59 Å². The summed E-state index contributed by atoms with van der Waals surface area (Å²) < 4.78 is 7.05. The van der Waals surface area contributed by atoms with Crippen molar-refractivity contribution in [2.75, 3.05) is 6.61 Å². The normalized spacial score (nSPS) is 10.4. The third kappa shape index (κ3) is 6.33. The molecule has 19 heavy (non-hydrogen) atoms. The van der Waals surface area contributed by atoms with E-state index in [-0.39, 0.29) is 11.7 Å². The Morgan fingerprint density at radius 2 is 2.11 bits per heavy atom. The van der Waals surface area contributed by atoms with Gasteiger partial charge in [-0.2, -0.15) is 0 Å².